The number of fused-ring (bicyclic) bond motifs is 1. The highest BCUT2D eigenvalue weighted by Gasteiger charge is 2.21. The van der Waals surface area contributed by atoms with Gasteiger partial charge in [0.2, 0.25) is 0 Å². The molecule has 0 fully saturated rings. The molecule has 0 spiro atoms. The molecule has 0 amide bonds. The second-order valence-corrected chi connectivity index (χ2v) is 8.00. The van der Waals surface area contributed by atoms with Gasteiger partial charge in [0.1, 0.15) is 23.8 Å². The third kappa shape index (κ3) is 3.97. The van der Waals surface area contributed by atoms with E-state index in [9.17, 15) is 5.26 Å². The molecule has 0 bridgehead atoms. The molecular formula is C25H22N8O. The Morgan fingerprint density at radius 1 is 1.12 bits per heavy atom. The maximum Gasteiger partial charge on any atom is 0.161 e. The van der Waals surface area contributed by atoms with Gasteiger partial charge in [-0.25, -0.2) is 14.6 Å². The van der Waals surface area contributed by atoms with E-state index in [0.29, 0.717) is 30.1 Å². The summed E-state index contributed by atoms with van der Waals surface area (Å²) >= 11 is 0. The first kappa shape index (κ1) is 21.3. The molecule has 0 radical (unpaired) electrons. The van der Waals surface area contributed by atoms with Crippen LogP contribution in [-0.4, -0.2) is 37.6 Å². The molecule has 3 aromatic heterocycles. The molecule has 0 saturated carbocycles. The largest absolute Gasteiger partial charge is 0.494 e. The number of benzene rings is 1. The Balaban J connectivity index is 1.55. The van der Waals surface area contributed by atoms with Crippen molar-refractivity contribution < 1.29 is 4.74 Å². The van der Waals surface area contributed by atoms with Gasteiger partial charge in [-0.2, -0.15) is 10.4 Å². The number of nitriles is 1. The monoisotopic (exact) mass is 450 g/mol. The van der Waals surface area contributed by atoms with Crippen molar-refractivity contribution >= 4 is 22.8 Å². The van der Waals surface area contributed by atoms with Crippen molar-refractivity contribution in [3.63, 3.8) is 0 Å². The van der Waals surface area contributed by atoms with Gasteiger partial charge in [-0.05, 0) is 37.3 Å². The standard InChI is InChI=1S/C25H22N8O/c1-15-10-21-23(29-15)22(12-18(31-21)11-16-6-4-7-17(13-26)30-16)32-20-9-5-8-19(24(20)34-3)25-27-14-28-33(25)2/h4-9,12,14H,10-11H2,1-3H3,(H,31,32). The van der Waals surface area contributed by atoms with E-state index < -0.39 is 0 Å². The minimum atomic E-state index is 0.390. The number of methoxy groups -OCH3 is 1. The fourth-order valence-electron chi connectivity index (χ4n) is 4.10. The Morgan fingerprint density at radius 3 is 2.74 bits per heavy atom. The summed E-state index contributed by atoms with van der Waals surface area (Å²) in [6.45, 7) is 2.00. The number of nitrogens with zero attached hydrogens (tertiary/aromatic N) is 7. The molecule has 9 heteroatoms. The number of para-hydroxylation sites is 1. The van der Waals surface area contributed by atoms with Crippen molar-refractivity contribution in [2.24, 2.45) is 12.0 Å². The van der Waals surface area contributed by atoms with Crippen LogP contribution in [0.3, 0.4) is 0 Å². The van der Waals surface area contributed by atoms with Gasteiger partial charge in [-0.3, -0.25) is 9.98 Å². The van der Waals surface area contributed by atoms with Crippen LogP contribution in [0.15, 0.2) is 53.8 Å². The number of hydrogen-bond acceptors (Lipinski definition) is 8. The minimum absolute atomic E-state index is 0.390. The van der Waals surface area contributed by atoms with Gasteiger partial charge in [-0.1, -0.05) is 12.1 Å². The molecule has 0 aliphatic carbocycles. The number of anilines is 2. The number of ether oxygens (including phenoxy) is 1. The fourth-order valence-corrected chi connectivity index (χ4v) is 4.10. The van der Waals surface area contributed by atoms with Crippen molar-refractivity contribution in [2.45, 2.75) is 19.8 Å². The van der Waals surface area contributed by atoms with Crippen LogP contribution in [0.25, 0.3) is 11.4 Å². The van der Waals surface area contributed by atoms with Crippen molar-refractivity contribution in [2.75, 3.05) is 12.4 Å². The van der Waals surface area contributed by atoms with Crippen LogP contribution in [0.4, 0.5) is 17.1 Å². The normalized spacial score (nSPS) is 12.1. The lowest BCUT2D eigenvalue weighted by atomic mass is 10.1. The summed E-state index contributed by atoms with van der Waals surface area (Å²) in [7, 11) is 3.48. The van der Waals surface area contributed by atoms with E-state index in [-0.39, 0.29) is 0 Å². The zero-order valence-electron chi connectivity index (χ0n) is 19.1. The minimum Gasteiger partial charge on any atom is -0.494 e. The molecular weight excluding hydrogens is 428 g/mol. The predicted molar refractivity (Wildman–Crippen MR) is 129 cm³/mol. The quantitative estimate of drug-likeness (QED) is 0.470. The van der Waals surface area contributed by atoms with E-state index >= 15 is 0 Å². The first-order chi connectivity index (χ1) is 16.6. The number of aromatic nitrogens is 5. The molecule has 0 atom stereocenters. The third-order valence-electron chi connectivity index (χ3n) is 5.57. The summed E-state index contributed by atoms with van der Waals surface area (Å²) in [6, 6.07) is 15.4. The van der Waals surface area contributed by atoms with E-state index in [1.54, 1.807) is 17.9 Å². The molecule has 1 aliphatic heterocycles. The topological polar surface area (TPSA) is 114 Å². The molecule has 9 nitrogen and oxygen atoms in total. The Labute approximate surface area is 196 Å². The van der Waals surface area contributed by atoms with Crippen molar-refractivity contribution in [1.82, 2.24) is 24.7 Å². The van der Waals surface area contributed by atoms with Crippen molar-refractivity contribution in [3.8, 4) is 23.2 Å². The Hall–Kier alpha value is -4.58. The number of nitrogens with one attached hydrogen (secondary N) is 1. The Morgan fingerprint density at radius 2 is 1.97 bits per heavy atom. The highest BCUT2D eigenvalue weighted by atomic mass is 16.5. The zero-order chi connectivity index (χ0) is 23.7. The summed E-state index contributed by atoms with van der Waals surface area (Å²) in [5.74, 6) is 1.37. The molecule has 34 heavy (non-hydrogen) atoms. The molecule has 1 N–H and O–H groups in total. The van der Waals surface area contributed by atoms with E-state index in [1.165, 1.54) is 6.33 Å². The fraction of sp³-hybridized carbons (Fsp3) is 0.200. The molecule has 5 rings (SSSR count). The predicted octanol–water partition coefficient (Wildman–Crippen LogP) is 4.14. The van der Waals surface area contributed by atoms with Gasteiger partial charge in [0.15, 0.2) is 11.6 Å². The van der Waals surface area contributed by atoms with Crippen molar-refractivity contribution in [3.05, 3.63) is 71.6 Å². The van der Waals surface area contributed by atoms with E-state index in [1.807, 2.05) is 50.4 Å². The average molecular weight is 451 g/mol. The van der Waals surface area contributed by atoms with E-state index in [0.717, 1.165) is 45.4 Å². The molecule has 0 unspecified atom stereocenters. The lowest BCUT2D eigenvalue weighted by Crippen LogP contribution is -2.03. The molecule has 4 aromatic rings. The number of hydrogen-bond donors (Lipinski definition) is 1. The summed E-state index contributed by atoms with van der Waals surface area (Å²) in [5, 5.41) is 16.9. The highest BCUT2D eigenvalue weighted by Crippen LogP contribution is 2.41. The summed E-state index contributed by atoms with van der Waals surface area (Å²) in [6.07, 6.45) is 2.72. The smallest absolute Gasteiger partial charge is 0.161 e. The van der Waals surface area contributed by atoms with Gasteiger partial charge in [-0.15, -0.1) is 0 Å². The van der Waals surface area contributed by atoms with Crippen LogP contribution in [0.2, 0.25) is 0 Å². The van der Waals surface area contributed by atoms with Crippen LogP contribution >= 0.6 is 0 Å². The lowest BCUT2D eigenvalue weighted by molar-refractivity contribution is 0.418. The molecule has 4 heterocycles. The summed E-state index contributed by atoms with van der Waals surface area (Å²) in [5.41, 5.74) is 7.22. The molecule has 0 saturated heterocycles. The van der Waals surface area contributed by atoms with E-state index in [4.69, 9.17) is 14.7 Å². The van der Waals surface area contributed by atoms with Gasteiger partial charge in [0, 0.05) is 37.0 Å². The van der Waals surface area contributed by atoms with Gasteiger partial charge in [0.25, 0.3) is 0 Å². The van der Waals surface area contributed by atoms with E-state index in [2.05, 4.69) is 26.5 Å². The first-order valence-corrected chi connectivity index (χ1v) is 10.8. The summed E-state index contributed by atoms with van der Waals surface area (Å²) in [4.78, 5) is 18.3. The molecule has 168 valence electrons. The molecule has 1 aromatic carbocycles. The second kappa shape index (κ2) is 8.75. The SMILES string of the molecule is COc1c(Nc2cc(Cc3cccc(C#N)n3)nc3c2N=C(C)C3)cccc1-c1ncnn1C. The van der Waals surface area contributed by atoms with Gasteiger partial charge >= 0.3 is 0 Å². The maximum absolute atomic E-state index is 9.17. The van der Waals surface area contributed by atoms with Crippen LogP contribution < -0.4 is 10.1 Å². The van der Waals surface area contributed by atoms with Crippen LogP contribution in [0.1, 0.15) is 29.7 Å². The number of aryl methyl sites for hydroxylation is 1. The zero-order valence-corrected chi connectivity index (χ0v) is 19.1. The van der Waals surface area contributed by atoms with Crippen LogP contribution in [0.5, 0.6) is 5.75 Å². The van der Waals surface area contributed by atoms with Crippen molar-refractivity contribution in [1.29, 1.82) is 5.26 Å². The average Bonchev–Trinajstić information content (AvgIpc) is 3.43. The Kier molecular flexibility index (Phi) is 5.47. The number of rotatable bonds is 6. The number of pyridine rings is 2. The summed E-state index contributed by atoms with van der Waals surface area (Å²) < 4.78 is 7.49. The maximum atomic E-state index is 9.17. The van der Waals surface area contributed by atoms with Gasteiger partial charge < -0.3 is 10.1 Å². The van der Waals surface area contributed by atoms with Crippen LogP contribution in [-0.2, 0) is 19.9 Å². The third-order valence-corrected chi connectivity index (χ3v) is 5.57. The first-order valence-electron chi connectivity index (χ1n) is 10.8. The second-order valence-electron chi connectivity index (χ2n) is 8.00. The van der Waals surface area contributed by atoms with Crippen LogP contribution in [0, 0.1) is 11.3 Å². The molecule has 1 aliphatic rings. The Bertz CT molecular complexity index is 1460. The number of aliphatic imine (C=N–C) groups is 1. The lowest BCUT2D eigenvalue weighted by Gasteiger charge is -2.17. The van der Waals surface area contributed by atoms with Gasteiger partial charge in [0.05, 0.1) is 29.7 Å². The highest BCUT2D eigenvalue weighted by molar-refractivity contribution is 5.95.